The second-order valence-corrected chi connectivity index (χ2v) is 3.68. The summed E-state index contributed by atoms with van der Waals surface area (Å²) < 4.78 is 5.63. The number of nitroso groups, excluding NO2 is 1. The second-order valence-electron chi connectivity index (χ2n) is 3.68. The summed E-state index contributed by atoms with van der Waals surface area (Å²) >= 11 is 0. The highest BCUT2D eigenvalue weighted by Crippen LogP contribution is 2.14. The molecule has 0 saturated carbocycles. The smallest absolute Gasteiger partial charge is 0.396 e. The number of aromatic nitrogens is 1. The number of amides is 1. The Kier molecular flexibility index (Phi) is 3.47. The lowest BCUT2D eigenvalue weighted by Gasteiger charge is -2.01. The van der Waals surface area contributed by atoms with E-state index in [0.29, 0.717) is 11.3 Å². The van der Waals surface area contributed by atoms with Gasteiger partial charge in [-0.1, -0.05) is 6.07 Å². The number of furan rings is 1. The van der Waals surface area contributed by atoms with Crippen LogP contribution in [0.25, 0.3) is 0 Å². The van der Waals surface area contributed by atoms with E-state index in [2.05, 4.69) is 10.3 Å². The van der Waals surface area contributed by atoms with Crippen LogP contribution in [0.5, 0.6) is 0 Å². The van der Waals surface area contributed by atoms with Crippen molar-refractivity contribution in [3.05, 3.63) is 52.9 Å². The first-order valence-corrected chi connectivity index (χ1v) is 5.34. The lowest BCUT2D eigenvalue weighted by atomic mass is 10.3. The zero-order valence-electron chi connectivity index (χ0n) is 9.79. The number of hydrogen-bond donors (Lipinski definition) is 1. The van der Waals surface area contributed by atoms with Gasteiger partial charge in [-0.15, -0.1) is 0 Å². The molecule has 0 aliphatic heterocycles. The molecule has 6 heteroatoms. The van der Waals surface area contributed by atoms with Gasteiger partial charge in [0.1, 0.15) is 0 Å². The predicted molar refractivity (Wildman–Crippen MR) is 63.3 cm³/mol. The first-order valence-electron chi connectivity index (χ1n) is 5.34. The highest BCUT2D eigenvalue weighted by Gasteiger charge is 2.17. The van der Waals surface area contributed by atoms with E-state index in [1.807, 2.05) is 6.07 Å². The fourth-order valence-corrected chi connectivity index (χ4v) is 1.39. The summed E-state index contributed by atoms with van der Waals surface area (Å²) in [7, 11) is 1.30. The Balaban J connectivity index is 1.97. The third-order valence-corrected chi connectivity index (χ3v) is 2.30. The molecule has 0 atom stereocenters. The maximum atomic E-state index is 11.7. The van der Waals surface area contributed by atoms with Crippen LogP contribution in [-0.2, 0) is 6.54 Å². The maximum absolute atomic E-state index is 11.7. The first kappa shape index (κ1) is 12.0. The van der Waals surface area contributed by atoms with Gasteiger partial charge in [0, 0.05) is 23.8 Å². The minimum absolute atomic E-state index is 0.0986. The van der Waals surface area contributed by atoms with Crippen LogP contribution in [-0.4, -0.2) is 22.7 Å². The molecule has 1 amide bonds. The highest BCUT2D eigenvalue weighted by molar-refractivity contribution is 5.91. The van der Waals surface area contributed by atoms with E-state index < -0.39 is 0 Å². The van der Waals surface area contributed by atoms with Gasteiger partial charge in [0.15, 0.2) is 12.8 Å². The molecule has 1 N–H and O–H groups in total. The SMILES string of the molecule is C[N+](=O)c1ccc(C(=O)NCc2cccnc2)o1. The van der Waals surface area contributed by atoms with Crippen molar-refractivity contribution >= 4 is 11.8 Å². The standard InChI is InChI=1S/C12H11N3O3/c1-15(17)11-5-4-10(18-11)12(16)14-8-9-3-2-6-13-7-9/h2-7H,8H2,1H3/p+1. The van der Waals surface area contributed by atoms with Crippen LogP contribution >= 0.6 is 0 Å². The van der Waals surface area contributed by atoms with Gasteiger partial charge in [-0.05, 0) is 17.7 Å². The van der Waals surface area contributed by atoms with Crippen molar-refractivity contribution in [1.82, 2.24) is 10.3 Å². The van der Waals surface area contributed by atoms with E-state index in [1.54, 1.807) is 18.5 Å². The van der Waals surface area contributed by atoms with Crippen LogP contribution < -0.4 is 5.32 Å². The molecule has 0 aromatic carbocycles. The molecule has 0 spiro atoms. The number of hydrogen-bond acceptors (Lipinski definition) is 4. The fraction of sp³-hybridized carbons (Fsp3) is 0.167. The van der Waals surface area contributed by atoms with Crippen molar-refractivity contribution in [3.63, 3.8) is 0 Å². The molecule has 0 radical (unpaired) electrons. The van der Waals surface area contributed by atoms with E-state index in [4.69, 9.17) is 4.42 Å². The number of nitrogens with zero attached hydrogens (tertiary/aromatic N) is 2. The largest absolute Gasteiger partial charge is 0.421 e. The molecule has 0 aliphatic rings. The summed E-state index contributed by atoms with van der Waals surface area (Å²) in [4.78, 5) is 26.6. The minimum atomic E-state index is -0.369. The van der Waals surface area contributed by atoms with Gasteiger partial charge in [-0.25, -0.2) is 0 Å². The summed E-state index contributed by atoms with van der Waals surface area (Å²) in [6.07, 6.45) is 3.33. The molecular weight excluding hydrogens is 234 g/mol. The van der Waals surface area contributed by atoms with Crippen LogP contribution in [0.1, 0.15) is 16.1 Å². The number of carbonyl (C=O) groups is 1. The van der Waals surface area contributed by atoms with Crippen molar-refractivity contribution in [3.8, 4) is 0 Å². The van der Waals surface area contributed by atoms with Crippen LogP contribution in [0.4, 0.5) is 5.88 Å². The molecule has 92 valence electrons. The summed E-state index contributed by atoms with van der Waals surface area (Å²) in [5.41, 5.74) is 0.888. The summed E-state index contributed by atoms with van der Waals surface area (Å²) in [6.45, 7) is 0.357. The Morgan fingerprint density at radius 1 is 1.44 bits per heavy atom. The molecule has 18 heavy (non-hydrogen) atoms. The van der Waals surface area contributed by atoms with Crippen LogP contribution in [0.15, 0.2) is 41.1 Å². The van der Waals surface area contributed by atoms with Crippen LogP contribution in [0, 0.1) is 4.91 Å². The van der Waals surface area contributed by atoms with E-state index in [-0.39, 0.29) is 17.6 Å². The number of carbonyl (C=O) groups excluding carboxylic acids is 1. The monoisotopic (exact) mass is 246 g/mol. The average Bonchev–Trinajstić information content (AvgIpc) is 2.87. The Hall–Kier alpha value is -2.50. The van der Waals surface area contributed by atoms with E-state index in [1.165, 1.54) is 19.2 Å². The molecule has 2 heterocycles. The van der Waals surface area contributed by atoms with Crippen LogP contribution in [0.3, 0.4) is 0 Å². The van der Waals surface area contributed by atoms with Crippen molar-refractivity contribution in [2.24, 2.45) is 0 Å². The summed E-state index contributed by atoms with van der Waals surface area (Å²) in [6, 6.07) is 6.55. The first-order chi connectivity index (χ1) is 8.66. The third kappa shape index (κ3) is 2.79. The third-order valence-electron chi connectivity index (χ3n) is 2.30. The normalized spacial score (nSPS) is 10.1. The minimum Gasteiger partial charge on any atom is -0.396 e. The number of nitrogens with one attached hydrogen (secondary N) is 1. The average molecular weight is 246 g/mol. The van der Waals surface area contributed by atoms with Gasteiger partial charge >= 0.3 is 5.88 Å². The van der Waals surface area contributed by atoms with E-state index >= 15 is 0 Å². The van der Waals surface area contributed by atoms with E-state index in [9.17, 15) is 9.70 Å². The van der Waals surface area contributed by atoms with Gasteiger partial charge < -0.3 is 9.73 Å². The van der Waals surface area contributed by atoms with Crippen molar-refractivity contribution in [2.45, 2.75) is 6.54 Å². The number of rotatable bonds is 4. The lowest BCUT2D eigenvalue weighted by molar-refractivity contribution is -0.444. The van der Waals surface area contributed by atoms with Crippen molar-refractivity contribution in [2.75, 3.05) is 7.05 Å². The Morgan fingerprint density at radius 3 is 2.89 bits per heavy atom. The molecular formula is C12H12N3O3+. The summed E-state index contributed by atoms with van der Waals surface area (Å²) in [5, 5.41) is 2.67. The highest BCUT2D eigenvalue weighted by atomic mass is 16.4. The Labute approximate surface area is 103 Å². The van der Waals surface area contributed by atoms with Gasteiger partial charge in [0.2, 0.25) is 0 Å². The Morgan fingerprint density at radius 2 is 2.28 bits per heavy atom. The van der Waals surface area contributed by atoms with E-state index in [0.717, 1.165) is 5.56 Å². The second kappa shape index (κ2) is 5.22. The lowest BCUT2D eigenvalue weighted by Crippen LogP contribution is -2.22. The topological polar surface area (TPSA) is 75.2 Å². The van der Waals surface area contributed by atoms with Gasteiger partial charge in [-0.2, -0.15) is 0 Å². The number of pyridine rings is 1. The van der Waals surface area contributed by atoms with Crippen molar-refractivity contribution in [1.29, 1.82) is 0 Å². The summed E-state index contributed by atoms with van der Waals surface area (Å²) in [5.74, 6) is -0.162. The van der Waals surface area contributed by atoms with Crippen LogP contribution in [0.2, 0.25) is 0 Å². The molecule has 2 rings (SSSR count). The molecule has 0 bridgehead atoms. The van der Waals surface area contributed by atoms with Gasteiger partial charge in [0.25, 0.3) is 5.91 Å². The van der Waals surface area contributed by atoms with Gasteiger partial charge in [0.05, 0.1) is 10.8 Å². The molecule has 0 saturated heterocycles. The molecule has 2 aromatic rings. The molecule has 6 nitrogen and oxygen atoms in total. The maximum Gasteiger partial charge on any atom is 0.421 e. The molecule has 0 aliphatic carbocycles. The Bertz CT molecular complexity index is 563. The molecule has 0 unspecified atom stereocenters. The predicted octanol–water partition coefficient (Wildman–Crippen LogP) is 1.64. The zero-order valence-corrected chi connectivity index (χ0v) is 9.79. The van der Waals surface area contributed by atoms with Gasteiger partial charge in [-0.3, -0.25) is 9.78 Å². The molecule has 2 aromatic heterocycles. The quantitative estimate of drug-likeness (QED) is 0.832. The zero-order chi connectivity index (χ0) is 13.0. The fourth-order valence-electron chi connectivity index (χ4n) is 1.39. The van der Waals surface area contributed by atoms with Crippen molar-refractivity contribution < 1.29 is 14.0 Å². The molecule has 0 fully saturated rings.